The summed E-state index contributed by atoms with van der Waals surface area (Å²) in [4.78, 5) is 60.6. The Morgan fingerprint density at radius 1 is 1.34 bits per heavy atom. The number of nitrogen functional groups attached to an aromatic ring is 1. The molecule has 2 aliphatic rings. The van der Waals surface area contributed by atoms with Gasteiger partial charge in [0.2, 0.25) is 6.29 Å². The highest BCUT2D eigenvalue weighted by Crippen LogP contribution is 2.41. The maximum Gasteiger partial charge on any atom is 0.358 e. The number of fused-ring (bicyclic) bond motifs is 1. The van der Waals surface area contributed by atoms with Gasteiger partial charge >= 0.3 is 11.9 Å². The number of hydrogen-bond acceptors (Lipinski definition) is 14. The van der Waals surface area contributed by atoms with Gasteiger partial charge in [0.1, 0.15) is 29.9 Å². The molecule has 1 saturated heterocycles. The molecule has 2 aliphatic heterocycles. The summed E-state index contributed by atoms with van der Waals surface area (Å²) in [5.74, 6) is -2.05. The number of aromatic nitrogens is 2. The van der Waals surface area contributed by atoms with E-state index in [0.717, 1.165) is 11.3 Å². The molecule has 0 radical (unpaired) electrons. The number of carbonyl (C=O) groups is 4. The van der Waals surface area contributed by atoms with E-state index in [1.165, 1.54) is 49.2 Å². The zero-order chi connectivity index (χ0) is 27.4. The van der Waals surface area contributed by atoms with Gasteiger partial charge in [0.05, 0.1) is 6.20 Å². The number of nitrogens with zero attached hydrogens (tertiary/aromatic N) is 4. The normalized spacial score (nSPS) is 20.0. The van der Waals surface area contributed by atoms with Crippen molar-refractivity contribution < 1.29 is 38.0 Å². The lowest BCUT2D eigenvalue weighted by Crippen LogP contribution is -2.71. The molecule has 3 N–H and O–H groups in total. The lowest BCUT2D eigenvalue weighted by molar-refractivity contribution is -0.182. The lowest BCUT2D eigenvalue weighted by atomic mass is 10.0. The molecule has 14 nitrogen and oxygen atoms in total. The first-order valence-electron chi connectivity index (χ1n) is 11.0. The third kappa shape index (κ3) is 5.70. The molecule has 2 aromatic rings. The van der Waals surface area contributed by atoms with E-state index in [2.05, 4.69) is 20.6 Å². The molecule has 4 heterocycles. The molecule has 38 heavy (non-hydrogen) atoms. The van der Waals surface area contributed by atoms with Crippen molar-refractivity contribution in [2.75, 3.05) is 18.6 Å². The van der Waals surface area contributed by atoms with Gasteiger partial charge in [-0.25, -0.2) is 9.78 Å². The Morgan fingerprint density at radius 3 is 2.76 bits per heavy atom. The van der Waals surface area contributed by atoms with Crippen molar-refractivity contribution in [3.8, 4) is 0 Å². The van der Waals surface area contributed by atoms with E-state index >= 15 is 0 Å². The fraction of sp³-hybridized carbons (Fsp3) is 0.318. The van der Waals surface area contributed by atoms with Crippen LogP contribution in [0.2, 0.25) is 0 Å². The maximum atomic E-state index is 13.2. The fourth-order valence-electron chi connectivity index (χ4n) is 3.62. The molecule has 16 heteroatoms. The topological polar surface area (TPSA) is 189 Å². The number of carbonyl (C=O) groups excluding carboxylic acids is 4. The van der Waals surface area contributed by atoms with E-state index < -0.39 is 41.5 Å². The van der Waals surface area contributed by atoms with Crippen LogP contribution in [-0.2, 0) is 33.5 Å². The van der Waals surface area contributed by atoms with Crippen molar-refractivity contribution >= 4 is 63.8 Å². The van der Waals surface area contributed by atoms with Crippen LogP contribution >= 0.6 is 23.1 Å². The van der Waals surface area contributed by atoms with Gasteiger partial charge < -0.3 is 29.9 Å². The Kier molecular flexibility index (Phi) is 8.11. The van der Waals surface area contributed by atoms with E-state index in [9.17, 15) is 19.2 Å². The van der Waals surface area contributed by atoms with Crippen LogP contribution in [0.15, 0.2) is 44.7 Å². The number of amides is 2. The van der Waals surface area contributed by atoms with Gasteiger partial charge in [-0.15, -0.1) is 23.1 Å². The number of hydrogen-bond donors (Lipinski definition) is 2. The van der Waals surface area contributed by atoms with E-state index in [4.69, 9.17) is 24.6 Å². The minimum Gasteiger partial charge on any atom is -0.426 e. The van der Waals surface area contributed by atoms with Crippen LogP contribution in [0.3, 0.4) is 0 Å². The molecule has 4 rings (SSSR count). The average molecular weight is 563 g/mol. The second-order valence-corrected chi connectivity index (χ2v) is 9.75. The highest BCUT2D eigenvalue weighted by Gasteiger charge is 2.54. The van der Waals surface area contributed by atoms with Crippen molar-refractivity contribution in [1.29, 1.82) is 0 Å². The number of rotatable bonds is 9. The molecular weight excluding hydrogens is 540 g/mol. The van der Waals surface area contributed by atoms with Crippen LogP contribution in [0.4, 0.5) is 5.13 Å². The van der Waals surface area contributed by atoms with Gasteiger partial charge in [-0.1, -0.05) is 16.4 Å². The van der Waals surface area contributed by atoms with Crippen molar-refractivity contribution in [1.82, 2.24) is 20.4 Å². The minimum atomic E-state index is -1.19. The number of anilines is 1. The van der Waals surface area contributed by atoms with E-state index in [-0.39, 0.29) is 22.2 Å². The zero-order valence-electron chi connectivity index (χ0n) is 20.3. The number of ether oxygens (including phenoxy) is 2. The van der Waals surface area contributed by atoms with Crippen molar-refractivity contribution in [3.05, 3.63) is 46.4 Å². The number of β-lactam (4-membered cyclic amide) rings is 1. The van der Waals surface area contributed by atoms with Crippen LogP contribution < -0.4 is 11.1 Å². The maximum absolute atomic E-state index is 13.2. The van der Waals surface area contributed by atoms with Crippen LogP contribution in [0.1, 0.15) is 25.3 Å². The number of thiazole rings is 1. The summed E-state index contributed by atoms with van der Waals surface area (Å²) in [5, 5.41) is 11.1. The Labute approximate surface area is 223 Å². The summed E-state index contributed by atoms with van der Waals surface area (Å²) >= 11 is 2.44. The van der Waals surface area contributed by atoms with Crippen LogP contribution in [-0.4, -0.2) is 75.1 Å². The van der Waals surface area contributed by atoms with Crippen molar-refractivity contribution in [2.45, 2.75) is 31.6 Å². The van der Waals surface area contributed by atoms with Crippen molar-refractivity contribution in [2.24, 2.45) is 5.16 Å². The molecule has 0 saturated carbocycles. The van der Waals surface area contributed by atoms with E-state index in [1.807, 2.05) is 0 Å². The number of nitrogens with one attached hydrogen (secondary N) is 1. The fourth-order valence-corrected chi connectivity index (χ4v) is 5.49. The van der Waals surface area contributed by atoms with E-state index in [0.29, 0.717) is 17.1 Å². The molecular formula is C22H22N6O8S2. The van der Waals surface area contributed by atoms with Gasteiger partial charge in [0, 0.05) is 31.0 Å². The molecule has 3 atom stereocenters. The molecule has 0 bridgehead atoms. The number of thioether (sulfide) groups is 1. The third-order valence-corrected chi connectivity index (χ3v) is 7.13. The summed E-state index contributed by atoms with van der Waals surface area (Å²) in [6.07, 6.45) is 3.46. The first-order valence-corrected chi connectivity index (χ1v) is 12.9. The summed E-state index contributed by atoms with van der Waals surface area (Å²) in [5.41, 5.74) is 6.10. The summed E-state index contributed by atoms with van der Waals surface area (Å²) in [6.45, 7) is 2.55. The lowest BCUT2D eigenvalue weighted by Gasteiger charge is -2.49. The summed E-state index contributed by atoms with van der Waals surface area (Å²) in [6, 6.07) is 0.644. The smallest absolute Gasteiger partial charge is 0.358 e. The van der Waals surface area contributed by atoms with Gasteiger partial charge in [-0.3, -0.25) is 19.3 Å². The highest BCUT2D eigenvalue weighted by atomic mass is 32.2. The Morgan fingerprint density at radius 2 is 2.13 bits per heavy atom. The standard InChI is InChI=1S/C22H22N6O8S2/c1-10(29)34-11(2)35-21(32)17-12(4-5-13-6-7-24-36-13)8-37-20-16(19(31)28(17)20)26-18(30)15(27-33-3)14-9-38-22(23)25-14/h4-7,9,11,16,20H,8H2,1-3H3,(H2,23,25)(H,26,30)/b5-4-,27-15-/t11?,16-,20-/m1/s1. The third-order valence-electron chi connectivity index (χ3n) is 5.15. The second-order valence-electron chi connectivity index (χ2n) is 7.76. The Hall–Kier alpha value is -4.18. The molecule has 2 aromatic heterocycles. The first kappa shape index (κ1) is 26.9. The second kappa shape index (κ2) is 11.5. The molecule has 2 amide bonds. The minimum absolute atomic E-state index is 0.0444. The molecule has 200 valence electrons. The van der Waals surface area contributed by atoms with Crippen molar-refractivity contribution in [3.63, 3.8) is 0 Å². The average Bonchev–Trinajstić information content (AvgIpc) is 3.54. The summed E-state index contributed by atoms with van der Waals surface area (Å²) in [7, 11) is 1.27. The molecule has 1 fully saturated rings. The summed E-state index contributed by atoms with van der Waals surface area (Å²) < 4.78 is 15.2. The number of oxime groups is 1. The zero-order valence-corrected chi connectivity index (χ0v) is 21.9. The number of allylic oxidation sites excluding steroid dienone is 1. The highest BCUT2D eigenvalue weighted by molar-refractivity contribution is 8.00. The Balaban J connectivity index is 1.57. The molecule has 0 aliphatic carbocycles. The molecule has 0 spiro atoms. The SMILES string of the molecule is CO/N=C(\C(=O)N[C@@H]1C(=O)N2C(C(=O)OC(C)OC(C)=O)=C(/C=C\c3ccno3)CS[C@H]12)c1csc(N)n1. The van der Waals surface area contributed by atoms with Crippen LogP contribution in [0.5, 0.6) is 0 Å². The molecule has 1 unspecified atom stereocenters. The van der Waals surface area contributed by atoms with Gasteiger partial charge in [-0.05, 0) is 11.6 Å². The first-order chi connectivity index (χ1) is 18.2. The molecule has 0 aromatic carbocycles. The quantitative estimate of drug-likeness (QED) is 0.145. The number of nitrogens with two attached hydrogens (primary N) is 1. The predicted octanol–water partition coefficient (Wildman–Crippen LogP) is 0.883. The number of esters is 2. The predicted molar refractivity (Wildman–Crippen MR) is 135 cm³/mol. The van der Waals surface area contributed by atoms with Crippen LogP contribution in [0, 0.1) is 0 Å². The van der Waals surface area contributed by atoms with Gasteiger partial charge in [0.25, 0.3) is 11.8 Å². The van der Waals surface area contributed by atoms with E-state index in [1.54, 1.807) is 18.2 Å². The van der Waals surface area contributed by atoms with Gasteiger partial charge in [0.15, 0.2) is 16.6 Å². The Bertz CT molecular complexity index is 1340. The van der Waals surface area contributed by atoms with Crippen LogP contribution in [0.25, 0.3) is 6.08 Å². The largest absolute Gasteiger partial charge is 0.426 e. The monoisotopic (exact) mass is 562 g/mol. The van der Waals surface area contributed by atoms with Gasteiger partial charge in [-0.2, -0.15) is 0 Å².